The Morgan fingerprint density at radius 1 is 0.312 bits per heavy atom. The number of hydrogen-bond acceptors (Lipinski definition) is 6. The Hall–Kier alpha value is -2.89. The van der Waals surface area contributed by atoms with E-state index in [-0.39, 0.29) is 31.1 Å². The molecule has 0 aliphatic heterocycles. The predicted octanol–water partition coefficient (Wildman–Crippen LogP) is 18.0. The van der Waals surface area contributed by atoms with Crippen molar-refractivity contribution in [1.82, 2.24) is 0 Å². The van der Waals surface area contributed by atoms with Gasteiger partial charge in [-0.25, -0.2) is 0 Å². The van der Waals surface area contributed by atoms with Gasteiger partial charge in [-0.05, 0) is 109 Å². The molecule has 0 rings (SSSR count). The van der Waals surface area contributed by atoms with Gasteiger partial charge in [0.05, 0.1) is 0 Å². The van der Waals surface area contributed by atoms with Gasteiger partial charge >= 0.3 is 17.9 Å². The van der Waals surface area contributed by atoms with Gasteiger partial charge in [-0.1, -0.05) is 204 Å². The lowest BCUT2D eigenvalue weighted by molar-refractivity contribution is -0.167. The lowest BCUT2D eigenvalue weighted by Crippen LogP contribution is -2.30. The first-order chi connectivity index (χ1) is 31.5. The maximum Gasteiger partial charge on any atom is 0.306 e. The van der Waals surface area contributed by atoms with Crippen LogP contribution in [0.25, 0.3) is 0 Å². The highest BCUT2D eigenvalue weighted by Gasteiger charge is 2.19. The summed E-state index contributed by atoms with van der Waals surface area (Å²) in [5.74, 6) is -0.917. The van der Waals surface area contributed by atoms with Crippen molar-refractivity contribution in [3.05, 3.63) is 60.8 Å². The molecule has 6 nitrogen and oxygen atoms in total. The van der Waals surface area contributed by atoms with E-state index in [9.17, 15) is 14.4 Å². The molecule has 0 saturated heterocycles. The molecule has 0 radical (unpaired) electrons. The zero-order chi connectivity index (χ0) is 46.5. The zero-order valence-corrected chi connectivity index (χ0v) is 42.3. The van der Waals surface area contributed by atoms with Gasteiger partial charge in [0.15, 0.2) is 6.10 Å². The maximum absolute atomic E-state index is 12.8. The number of ether oxygens (including phenoxy) is 3. The normalized spacial score (nSPS) is 12.5. The number of carbonyl (C=O) groups excluding carboxylic acids is 3. The van der Waals surface area contributed by atoms with Gasteiger partial charge in [0, 0.05) is 19.3 Å². The quantitative estimate of drug-likeness (QED) is 0.0262. The zero-order valence-electron chi connectivity index (χ0n) is 42.3. The molecule has 0 aliphatic carbocycles. The van der Waals surface area contributed by atoms with E-state index < -0.39 is 6.10 Å². The van der Waals surface area contributed by atoms with E-state index in [2.05, 4.69) is 81.5 Å². The molecule has 0 N–H and O–H groups in total. The minimum Gasteiger partial charge on any atom is -0.462 e. The van der Waals surface area contributed by atoms with Crippen molar-refractivity contribution in [1.29, 1.82) is 0 Å². The first kappa shape index (κ1) is 61.1. The highest BCUT2D eigenvalue weighted by Crippen LogP contribution is 2.14. The molecule has 1 atom stereocenters. The Kier molecular flexibility index (Phi) is 50.4. The molecule has 0 spiro atoms. The largest absolute Gasteiger partial charge is 0.462 e. The minimum atomic E-state index is -0.790. The Bertz CT molecular complexity index is 1170. The van der Waals surface area contributed by atoms with Crippen LogP contribution >= 0.6 is 0 Å². The van der Waals surface area contributed by atoms with Gasteiger partial charge in [0.25, 0.3) is 0 Å². The molecule has 6 heteroatoms. The lowest BCUT2D eigenvalue weighted by Gasteiger charge is -2.18. The summed E-state index contributed by atoms with van der Waals surface area (Å²) in [6.07, 6.45) is 64.8. The topological polar surface area (TPSA) is 78.9 Å². The second-order valence-electron chi connectivity index (χ2n) is 18.1. The summed E-state index contributed by atoms with van der Waals surface area (Å²) in [5, 5.41) is 0. The molecule has 0 amide bonds. The first-order valence-electron chi connectivity index (χ1n) is 27.3. The fourth-order valence-corrected chi connectivity index (χ4v) is 7.56. The third kappa shape index (κ3) is 50.1. The van der Waals surface area contributed by atoms with E-state index in [1.165, 1.54) is 122 Å². The highest BCUT2D eigenvalue weighted by atomic mass is 16.6. The van der Waals surface area contributed by atoms with E-state index in [0.717, 1.165) is 109 Å². The molecular formula is C58H102O6. The van der Waals surface area contributed by atoms with E-state index in [1.807, 2.05) is 0 Å². The molecular weight excluding hydrogens is 793 g/mol. The summed E-state index contributed by atoms with van der Waals surface area (Å²) in [6, 6.07) is 0. The summed E-state index contributed by atoms with van der Waals surface area (Å²) >= 11 is 0. The van der Waals surface area contributed by atoms with Crippen LogP contribution in [-0.4, -0.2) is 37.2 Å². The van der Waals surface area contributed by atoms with Gasteiger partial charge in [-0.3, -0.25) is 14.4 Å². The monoisotopic (exact) mass is 895 g/mol. The van der Waals surface area contributed by atoms with Crippen LogP contribution in [0.3, 0.4) is 0 Å². The highest BCUT2D eigenvalue weighted by molar-refractivity contribution is 5.71. The molecule has 0 bridgehead atoms. The number of allylic oxidation sites excluding steroid dienone is 10. The summed E-state index contributed by atoms with van der Waals surface area (Å²) in [5.41, 5.74) is 0. The van der Waals surface area contributed by atoms with Crippen molar-refractivity contribution in [2.24, 2.45) is 0 Å². The molecule has 0 fully saturated rings. The number of hydrogen-bond donors (Lipinski definition) is 0. The van der Waals surface area contributed by atoms with Gasteiger partial charge in [0.1, 0.15) is 13.2 Å². The fraction of sp³-hybridized carbons (Fsp3) is 0.776. The van der Waals surface area contributed by atoms with Crippen molar-refractivity contribution in [2.75, 3.05) is 13.2 Å². The summed E-state index contributed by atoms with van der Waals surface area (Å²) in [4.78, 5) is 38.1. The van der Waals surface area contributed by atoms with E-state index in [0.29, 0.717) is 19.3 Å². The average molecular weight is 895 g/mol. The van der Waals surface area contributed by atoms with Gasteiger partial charge in [-0.2, -0.15) is 0 Å². The summed E-state index contributed by atoms with van der Waals surface area (Å²) in [7, 11) is 0. The van der Waals surface area contributed by atoms with E-state index in [4.69, 9.17) is 14.2 Å². The third-order valence-electron chi connectivity index (χ3n) is 11.7. The molecule has 0 saturated carbocycles. The van der Waals surface area contributed by atoms with E-state index in [1.54, 1.807) is 0 Å². The van der Waals surface area contributed by atoms with Crippen LogP contribution in [0.5, 0.6) is 0 Å². The van der Waals surface area contributed by atoms with Gasteiger partial charge in [0.2, 0.25) is 0 Å². The Morgan fingerprint density at radius 2 is 0.562 bits per heavy atom. The number of rotatable bonds is 49. The molecule has 0 aromatic rings. The second-order valence-corrected chi connectivity index (χ2v) is 18.1. The van der Waals surface area contributed by atoms with Gasteiger partial charge in [-0.15, -0.1) is 0 Å². The van der Waals surface area contributed by atoms with Crippen LogP contribution in [0, 0.1) is 0 Å². The SMILES string of the molecule is CCCCC/C=C\C/C=C\CCCCCCCC(=O)OCC(COC(=O)CCCCCCC/C=C\CCCCCCCCC)OC(=O)CCCCCCC/C=C\C/C=C\CCCCC. The first-order valence-corrected chi connectivity index (χ1v) is 27.3. The fourth-order valence-electron chi connectivity index (χ4n) is 7.56. The molecule has 0 heterocycles. The predicted molar refractivity (Wildman–Crippen MR) is 275 cm³/mol. The van der Waals surface area contributed by atoms with Crippen LogP contribution in [-0.2, 0) is 28.6 Å². The smallest absolute Gasteiger partial charge is 0.306 e. The van der Waals surface area contributed by atoms with Crippen molar-refractivity contribution < 1.29 is 28.6 Å². The number of carbonyl (C=O) groups is 3. The minimum absolute atomic E-state index is 0.0884. The summed E-state index contributed by atoms with van der Waals surface area (Å²) < 4.78 is 16.8. The van der Waals surface area contributed by atoms with Gasteiger partial charge < -0.3 is 14.2 Å². The number of unbranched alkanes of at least 4 members (excludes halogenated alkanes) is 28. The standard InChI is InChI=1S/C58H102O6/c1-4-7-10-13-16-19-22-25-28-31-33-36-39-42-45-48-51-57(60)63-54-55(64-58(61)52-49-46-43-40-37-34-30-27-24-21-18-15-12-9-6-3)53-62-56(59)50-47-44-41-38-35-32-29-26-23-20-17-14-11-8-5-2/h17-18,20-21,26-31,55H,4-16,19,22-25,32-54H2,1-3H3/b20-17-,21-18-,29-26-,30-27-,31-28-. The third-order valence-corrected chi connectivity index (χ3v) is 11.7. The molecule has 370 valence electrons. The van der Waals surface area contributed by atoms with Crippen LogP contribution in [0.15, 0.2) is 60.8 Å². The Morgan fingerprint density at radius 3 is 0.906 bits per heavy atom. The van der Waals surface area contributed by atoms with Crippen LogP contribution in [0.4, 0.5) is 0 Å². The Labute approximate surface area is 396 Å². The van der Waals surface area contributed by atoms with Crippen LogP contribution in [0.1, 0.15) is 271 Å². The molecule has 0 aliphatic rings. The molecule has 0 aromatic heterocycles. The summed E-state index contributed by atoms with van der Waals surface area (Å²) in [6.45, 7) is 6.57. The van der Waals surface area contributed by atoms with Crippen molar-refractivity contribution >= 4 is 17.9 Å². The van der Waals surface area contributed by atoms with Crippen LogP contribution in [0.2, 0.25) is 0 Å². The lowest BCUT2D eigenvalue weighted by atomic mass is 10.1. The molecule has 0 aromatic carbocycles. The van der Waals surface area contributed by atoms with Crippen molar-refractivity contribution in [3.8, 4) is 0 Å². The van der Waals surface area contributed by atoms with E-state index >= 15 is 0 Å². The maximum atomic E-state index is 12.8. The number of esters is 3. The molecule has 1 unspecified atom stereocenters. The molecule has 64 heavy (non-hydrogen) atoms. The van der Waals surface area contributed by atoms with Crippen LogP contribution < -0.4 is 0 Å². The van der Waals surface area contributed by atoms with Crippen molar-refractivity contribution in [2.45, 2.75) is 277 Å². The van der Waals surface area contributed by atoms with Crippen molar-refractivity contribution in [3.63, 3.8) is 0 Å². The average Bonchev–Trinajstić information content (AvgIpc) is 3.29. The Balaban J connectivity index is 4.43. The second kappa shape index (κ2) is 52.7.